The predicted octanol–water partition coefficient (Wildman–Crippen LogP) is 1.56. The monoisotopic (exact) mass is 307 g/mol. The van der Waals surface area contributed by atoms with Crippen molar-refractivity contribution in [3.63, 3.8) is 0 Å². The molecule has 6 nitrogen and oxygen atoms in total. The standard InChI is InChI=1S/C14H17N3O3S/c1-3-15-13(19)9(2)16-12(18)8-21-14-17-10-6-4-5-7-11(10)20-14/h4-7,9H,3,8H2,1-2H3,(H,15,19)(H,16,18)/t9-/m0/s1. The summed E-state index contributed by atoms with van der Waals surface area (Å²) in [6.45, 7) is 4.01. The minimum atomic E-state index is -0.554. The largest absolute Gasteiger partial charge is 0.431 e. The van der Waals surface area contributed by atoms with Crippen LogP contribution < -0.4 is 10.6 Å². The fourth-order valence-electron chi connectivity index (χ4n) is 1.72. The van der Waals surface area contributed by atoms with Gasteiger partial charge in [-0.1, -0.05) is 23.9 Å². The second kappa shape index (κ2) is 7.12. The number of carbonyl (C=O) groups is 2. The fraction of sp³-hybridized carbons (Fsp3) is 0.357. The maximum Gasteiger partial charge on any atom is 0.257 e. The van der Waals surface area contributed by atoms with E-state index in [1.807, 2.05) is 31.2 Å². The quantitative estimate of drug-likeness (QED) is 0.791. The number of likely N-dealkylation sites (N-methyl/N-ethyl adjacent to an activating group) is 1. The highest BCUT2D eigenvalue weighted by atomic mass is 32.2. The number of hydrogen-bond donors (Lipinski definition) is 2. The number of oxazole rings is 1. The Labute approximate surface area is 126 Å². The molecule has 0 aliphatic rings. The van der Waals surface area contributed by atoms with E-state index in [-0.39, 0.29) is 17.6 Å². The number of hydrogen-bond acceptors (Lipinski definition) is 5. The first kappa shape index (κ1) is 15.4. The molecule has 1 aromatic heterocycles. The van der Waals surface area contributed by atoms with Gasteiger partial charge in [-0.15, -0.1) is 0 Å². The SMILES string of the molecule is CCNC(=O)[C@H](C)NC(=O)CSc1nc2ccccc2o1. The maximum atomic E-state index is 11.8. The van der Waals surface area contributed by atoms with Gasteiger partial charge in [0.05, 0.1) is 5.75 Å². The van der Waals surface area contributed by atoms with Crippen molar-refractivity contribution in [3.05, 3.63) is 24.3 Å². The molecule has 1 aromatic carbocycles. The highest BCUT2D eigenvalue weighted by Gasteiger charge is 2.15. The molecule has 112 valence electrons. The lowest BCUT2D eigenvalue weighted by molar-refractivity contribution is -0.127. The second-order valence-electron chi connectivity index (χ2n) is 4.42. The lowest BCUT2D eigenvalue weighted by atomic mass is 10.3. The van der Waals surface area contributed by atoms with Crippen LogP contribution in [0.15, 0.2) is 33.9 Å². The van der Waals surface area contributed by atoms with Crippen LogP contribution in [0.3, 0.4) is 0 Å². The van der Waals surface area contributed by atoms with Crippen molar-refractivity contribution in [2.75, 3.05) is 12.3 Å². The molecule has 2 rings (SSSR count). The Morgan fingerprint density at radius 3 is 2.86 bits per heavy atom. The Hall–Kier alpha value is -2.02. The number of rotatable bonds is 6. The third-order valence-corrected chi connectivity index (χ3v) is 3.55. The van der Waals surface area contributed by atoms with Crippen molar-refractivity contribution >= 4 is 34.7 Å². The minimum absolute atomic E-state index is 0.149. The molecule has 2 aromatic rings. The molecule has 1 atom stereocenters. The maximum absolute atomic E-state index is 11.8. The van der Waals surface area contributed by atoms with E-state index in [9.17, 15) is 9.59 Å². The van der Waals surface area contributed by atoms with Crippen LogP contribution >= 0.6 is 11.8 Å². The van der Waals surface area contributed by atoms with Gasteiger partial charge in [0.2, 0.25) is 11.8 Å². The molecule has 21 heavy (non-hydrogen) atoms. The van der Waals surface area contributed by atoms with Crippen molar-refractivity contribution in [1.29, 1.82) is 0 Å². The first-order valence-corrected chi connectivity index (χ1v) is 7.64. The molecule has 0 fully saturated rings. The van der Waals surface area contributed by atoms with E-state index in [2.05, 4.69) is 15.6 Å². The molecule has 0 unspecified atom stereocenters. The minimum Gasteiger partial charge on any atom is -0.431 e. The molecule has 2 N–H and O–H groups in total. The summed E-state index contributed by atoms with van der Waals surface area (Å²) < 4.78 is 5.50. The molecule has 0 spiro atoms. The normalized spacial score (nSPS) is 12.1. The smallest absolute Gasteiger partial charge is 0.257 e. The number of amides is 2. The topological polar surface area (TPSA) is 84.2 Å². The molecule has 0 radical (unpaired) electrons. The first-order valence-electron chi connectivity index (χ1n) is 6.65. The molecule has 0 saturated heterocycles. The molecule has 0 bridgehead atoms. The summed E-state index contributed by atoms with van der Waals surface area (Å²) in [5.74, 6) is -0.282. The van der Waals surface area contributed by atoms with Crippen molar-refractivity contribution in [3.8, 4) is 0 Å². The number of carbonyl (C=O) groups excluding carboxylic acids is 2. The highest BCUT2D eigenvalue weighted by Crippen LogP contribution is 2.22. The van der Waals surface area contributed by atoms with Crippen LogP contribution in [0.5, 0.6) is 0 Å². The van der Waals surface area contributed by atoms with Crippen LogP contribution in [0.4, 0.5) is 0 Å². The Morgan fingerprint density at radius 1 is 1.38 bits per heavy atom. The van der Waals surface area contributed by atoms with Gasteiger partial charge in [-0.2, -0.15) is 0 Å². The van der Waals surface area contributed by atoms with Crippen LogP contribution in [0, 0.1) is 0 Å². The number of benzene rings is 1. The van der Waals surface area contributed by atoms with Crippen LogP contribution in [-0.2, 0) is 9.59 Å². The number of para-hydroxylation sites is 2. The van der Waals surface area contributed by atoms with E-state index in [1.165, 1.54) is 11.8 Å². The number of aromatic nitrogens is 1. The summed E-state index contributed by atoms with van der Waals surface area (Å²) >= 11 is 1.20. The third-order valence-electron chi connectivity index (χ3n) is 2.72. The zero-order chi connectivity index (χ0) is 15.2. The van der Waals surface area contributed by atoms with Gasteiger partial charge in [-0.25, -0.2) is 4.98 Å². The van der Waals surface area contributed by atoms with E-state index in [4.69, 9.17) is 4.42 Å². The predicted molar refractivity (Wildman–Crippen MR) is 81.0 cm³/mol. The summed E-state index contributed by atoms with van der Waals surface area (Å²) in [7, 11) is 0. The van der Waals surface area contributed by atoms with E-state index in [0.717, 1.165) is 5.52 Å². The Balaban J connectivity index is 1.84. The lowest BCUT2D eigenvalue weighted by Crippen LogP contribution is -2.45. The fourth-order valence-corrected chi connectivity index (χ4v) is 2.37. The second-order valence-corrected chi connectivity index (χ2v) is 5.35. The summed E-state index contributed by atoms with van der Waals surface area (Å²) in [4.78, 5) is 27.5. The lowest BCUT2D eigenvalue weighted by Gasteiger charge is -2.12. The molecule has 0 aliphatic heterocycles. The Bertz CT molecular complexity index is 608. The summed E-state index contributed by atoms with van der Waals surface area (Å²) in [6, 6.07) is 6.86. The van der Waals surface area contributed by atoms with Gasteiger partial charge in [0.25, 0.3) is 5.22 Å². The molecule has 1 heterocycles. The van der Waals surface area contributed by atoms with E-state index >= 15 is 0 Å². The van der Waals surface area contributed by atoms with Gasteiger partial charge in [-0.3, -0.25) is 9.59 Å². The third kappa shape index (κ3) is 4.22. The van der Waals surface area contributed by atoms with Gasteiger partial charge in [0.1, 0.15) is 11.6 Å². The van der Waals surface area contributed by atoms with Gasteiger partial charge in [0.15, 0.2) is 5.58 Å². The van der Waals surface area contributed by atoms with Gasteiger partial charge in [0, 0.05) is 6.54 Å². The zero-order valence-corrected chi connectivity index (χ0v) is 12.7. The molecular formula is C14H17N3O3S. The van der Waals surface area contributed by atoms with Crippen LogP contribution in [-0.4, -0.2) is 35.1 Å². The average Bonchev–Trinajstić information content (AvgIpc) is 2.88. The van der Waals surface area contributed by atoms with Crippen molar-refractivity contribution < 1.29 is 14.0 Å². The first-order chi connectivity index (χ1) is 10.1. The van der Waals surface area contributed by atoms with E-state index in [1.54, 1.807) is 6.92 Å². The Morgan fingerprint density at radius 2 is 2.14 bits per heavy atom. The zero-order valence-electron chi connectivity index (χ0n) is 11.9. The summed E-state index contributed by atoms with van der Waals surface area (Å²) in [6.07, 6.45) is 0. The van der Waals surface area contributed by atoms with Gasteiger partial charge < -0.3 is 15.1 Å². The molecule has 0 saturated carbocycles. The van der Waals surface area contributed by atoms with Crippen LogP contribution in [0.25, 0.3) is 11.1 Å². The molecule has 2 amide bonds. The number of nitrogens with zero attached hydrogens (tertiary/aromatic N) is 1. The van der Waals surface area contributed by atoms with Crippen molar-refractivity contribution in [1.82, 2.24) is 15.6 Å². The molecule has 0 aliphatic carbocycles. The number of fused-ring (bicyclic) bond motifs is 1. The Kier molecular flexibility index (Phi) is 5.21. The highest BCUT2D eigenvalue weighted by molar-refractivity contribution is 7.99. The van der Waals surface area contributed by atoms with Crippen LogP contribution in [0.2, 0.25) is 0 Å². The molecule has 7 heteroatoms. The van der Waals surface area contributed by atoms with Crippen molar-refractivity contribution in [2.45, 2.75) is 25.1 Å². The number of thioether (sulfide) groups is 1. The summed E-state index contributed by atoms with van der Waals surface area (Å²) in [5.41, 5.74) is 1.45. The summed E-state index contributed by atoms with van der Waals surface area (Å²) in [5, 5.41) is 5.72. The van der Waals surface area contributed by atoms with Gasteiger partial charge >= 0.3 is 0 Å². The van der Waals surface area contributed by atoms with E-state index in [0.29, 0.717) is 17.4 Å². The average molecular weight is 307 g/mol. The molecular weight excluding hydrogens is 290 g/mol. The van der Waals surface area contributed by atoms with E-state index < -0.39 is 6.04 Å². The van der Waals surface area contributed by atoms with Crippen LogP contribution in [0.1, 0.15) is 13.8 Å². The van der Waals surface area contributed by atoms with Gasteiger partial charge in [-0.05, 0) is 26.0 Å². The van der Waals surface area contributed by atoms with Crippen molar-refractivity contribution in [2.24, 2.45) is 0 Å². The number of nitrogens with one attached hydrogen (secondary N) is 2.